The third kappa shape index (κ3) is 3.71. The summed E-state index contributed by atoms with van der Waals surface area (Å²) in [5, 5.41) is 15.7. The Morgan fingerprint density at radius 1 is 1.37 bits per heavy atom. The van der Waals surface area contributed by atoms with E-state index in [4.69, 9.17) is 9.73 Å². The van der Waals surface area contributed by atoms with E-state index in [-0.39, 0.29) is 24.0 Å². The van der Waals surface area contributed by atoms with E-state index in [1.54, 1.807) is 0 Å². The van der Waals surface area contributed by atoms with Gasteiger partial charge in [0.2, 0.25) is 0 Å². The van der Waals surface area contributed by atoms with Gasteiger partial charge >= 0.3 is 0 Å². The Kier molecular flexibility index (Phi) is 6.66. The molecular formula is C19H33IN6O. The third-order valence-electron chi connectivity index (χ3n) is 6.71. The number of guanidine groups is 1. The maximum atomic E-state index is 6.05. The van der Waals surface area contributed by atoms with Crippen molar-refractivity contribution in [3.8, 4) is 0 Å². The van der Waals surface area contributed by atoms with E-state index in [1.165, 1.54) is 32.1 Å². The average molecular weight is 488 g/mol. The van der Waals surface area contributed by atoms with Crippen LogP contribution in [0.2, 0.25) is 0 Å². The number of aliphatic imine (C=N–C) groups is 1. The molecule has 3 fully saturated rings. The maximum absolute atomic E-state index is 6.05. The van der Waals surface area contributed by atoms with Gasteiger partial charge in [-0.3, -0.25) is 0 Å². The minimum absolute atomic E-state index is 0. The van der Waals surface area contributed by atoms with Crippen molar-refractivity contribution in [2.24, 2.45) is 23.4 Å². The molecule has 2 heterocycles. The van der Waals surface area contributed by atoms with Crippen molar-refractivity contribution in [1.29, 1.82) is 0 Å². The van der Waals surface area contributed by atoms with E-state index in [0.29, 0.717) is 30.0 Å². The normalized spacial score (nSPS) is 28.1. The van der Waals surface area contributed by atoms with Crippen LogP contribution in [0.25, 0.3) is 0 Å². The number of aryl methyl sites for hydroxylation is 1. The number of aromatic nitrogens is 3. The van der Waals surface area contributed by atoms with Crippen LogP contribution < -0.4 is 10.6 Å². The Hall–Kier alpha value is -0.900. The molecule has 7 nitrogen and oxygen atoms in total. The van der Waals surface area contributed by atoms with Gasteiger partial charge in [-0.2, -0.15) is 0 Å². The summed E-state index contributed by atoms with van der Waals surface area (Å²) in [4.78, 5) is 4.83. The number of ether oxygens (including phenoxy) is 1. The zero-order chi connectivity index (χ0) is 18.1. The molecule has 1 aliphatic heterocycles. The second-order valence-corrected chi connectivity index (χ2v) is 8.12. The second kappa shape index (κ2) is 8.63. The van der Waals surface area contributed by atoms with Gasteiger partial charge in [-0.1, -0.05) is 19.8 Å². The molecule has 3 atom stereocenters. The molecule has 4 rings (SSSR count). The van der Waals surface area contributed by atoms with Crippen LogP contribution in [0.1, 0.15) is 57.1 Å². The molecule has 27 heavy (non-hydrogen) atoms. The molecule has 2 saturated carbocycles. The lowest BCUT2D eigenvalue weighted by Gasteiger charge is -2.63. The topological polar surface area (TPSA) is 76.4 Å². The molecule has 1 aromatic rings. The number of hydrogen-bond donors (Lipinski definition) is 2. The van der Waals surface area contributed by atoms with Crippen molar-refractivity contribution in [2.45, 2.75) is 71.1 Å². The maximum Gasteiger partial charge on any atom is 0.191 e. The van der Waals surface area contributed by atoms with Crippen LogP contribution in [0.5, 0.6) is 0 Å². The number of nitrogens with one attached hydrogen (secondary N) is 2. The molecule has 3 unspecified atom stereocenters. The lowest BCUT2D eigenvalue weighted by molar-refractivity contribution is -0.171. The van der Waals surface area contributed by atoms with Gasteiger partial charge in [0.15, 0.2) is 11.8 Å². The number of unbranched alkanes of at least 4 members (excludes halogenated alkanes) is 1. The Bertz CT molecular complexity index is 671. The molecule has 1 spiro atoms. The molecule has 2 N–H and O–H groups in total. The Balaban J connectivity index is 0.00000210. The smallest absolute Gasteiger partial charge is 0.191 e. The van der Waals surface area contributed by atoms with E-state index in [9.17, 15) is 0 Å². The summed E-state index contributed by atoms with van der Waals surface area (Å²) in [6.07, 6.45) is 7.89. The fraction of sp³-hybridized carbons (Fsp3) is 0.842. The number of rotatable bonds is 6. The highest BCUT2D eigenvalue weighted by Crippen LogP contribution is 2.62. The van der Waals surface area contributed by atoms with E-state index in [2.05, 4.69) is 27.8 Å². The Morgan fingerprint density at radius 2 is 2.19 bits per heavy atom. The van der Waals surface area contributed by atoms with Crippen LogP contribution in [-0.2, 0) is 18.3 Å². The van der Waals surface area contributed by atoms with Gasteiger partial charge in [0.25, 0.3) is 0 Å². The van der Waals surface area contributed by atoms with Crippen LogP contribution >= 0.6 is 24.0 Å². The van der Waals surface area contributed by atoms with Gasteiger partial charge in [0, 0.05) is 37.6 Å². The van der Waals surface area contributed by atoms with Gasteiger partial charge in [0.1, 0.15) is 12.4 Å². The summed E-state index contributed by atoms with van der Waals surface area (Å²) < 4.78 is 8.05. The molecule has 1 aromatic heterocycles. The predicted octanol–water partition coefficient (Wildman–Crippen LogP) is 2.53. The SMILES string of the molecule is CCCCNC(=NCc1nnc(C)n1C)NC1C2CCOC2C12CCC2.I. The summed E-state index contributed by atoms with van der Waals surface area (Å²) in [6.45, 7) is 6.59. The van der Waals surface area contributed by atoms with E-state index >= 15 is 0 Å². The number of hydrogen-bond acceptors (Lipinski definition) is 4. The molecule has 0 aromatic carbocycles. The first-order chi connectivity index (χ1) is 12.7. The second-order valence-electron chi connectivity index (χ2n) is 8.12. The first-order valence-electron chi connectivity index (χ1n) is 10.2. The number of fused-ring (bicyclic) bond motifs is 2. The average Bonchev–Trinajstić information content (AvgIpc) is 3.14. The first-order valence-corrected chi connectivity index (χ1v) is 10.2. The highest BCUT2D eigenvalue weighted by molar-refractivity contribution is 14.0. The highest BCUT2D eigenvalue weighted by Gasteiger charge is 2.66. The molecule has 0 radical (unpaired) electrons. The van der Waals surface area contributed by atoms with Crippen molar-refractivity contribution < 1.29 is 4.74 Å². The minimum Gasteiger partial charge on any atom is -0.377 e. The fourth-order valence-electron chi connectivity index (χ4n) is 4.88. The van der Waals surface area contributed by atoms with Gasteiger partial charge in [-0.05, 0) is 32.6 Å². The standard InChI is InChI=1S/C19H32N6O.HI/c1-4-5-10-20-18(21-12-15-24-23-13(2)25(15)3)22-16-14-7-11-26-17(14)19(16)8-6-9-19;/h14,16-17H,4-12H2,1-3H3,(H2,20,21,22);1H. The molecule has 3 aliphatic rings. The van der Waals surface area contributed by atoms with Crippen molar-refractivity contribution in [3.63, 3.8) is 0 Å². The van der Waals surface area contributed by atoms with Crippen molar-refractivity contribution in [3.05, 3.63) is 11.6 Å². The number of nitrogens with zero attached hydrogens (tertiary/aromatic N) is 4. The van der Waals surface area contributed by atoms with Gasteiger partial charge < -0.3 is 19.9 Å². The van der Waals surface area contributed by atoms with E-state index < -0.39 is 0 Å². The van der Waals surface area contributed by atoms with Gasteiger partial charge in [-0.15, -0.1) is 34.2 Å². The van der Waals surface area contributed by atoms with Crippen molar-refractivity contribution in [1.82, 2.24) is 25.4 Å². The van der Waals surface area contributed by atoms with Crippen LogP contribution in [0.4, 0.5) is 0 Å². The lowest BCUT2D eigenvalue weighted by Crippen LogP contribution is -2.72. The van der Waals surface area contributed by atoms with E-state index in [0.717, 1.165) is 37.2 Å². The van der Waals surface area contributed by atoms with Gasteiger partial charge in [0.05, 0.1) is 6.10 Å². The van der Waals surface area contributed by atoms with Gasteiger partial charge in [-0.25, -0.2) is 4.99 Å². The molecule has 1 saturated heterocycles. The summed E-state index contributed by atoms with van der Waals surface area (Å²) >= 11 is 0. The fourth-order valence-corrected chi connectivity index (χ4v) is 4.88. The molecule has 0 amide bonds. The largest absolute Gasteiger partial charge is 0.377 e. The summed E-state index contributed by atoms with van der Waals surface area (Å²) in [7, 11) is 1.99. The molecule has 0 bridgehead atoms. The highest BCUT2D eigenvalue weighted by atomic mass is 127. The van der Waals surface area contributed by atoms with Crippen molar-refractivity contribution in [2.75, 3.05) is 13.2 Å². The Labute approximate surface area is 179 Å². The van der Waals surface area contributed by atoms with E-state index in [1.807, 2.05) is 18.5 Å². The number of halogens is 1. The summed E-state index contributed by atoms with van der Waals surface area (Å²) in [6, 6.07) is 0.498. The molecular weight excluding hydrogens is 455 g/mol. The monoisotopic (exact) mass is 488 g/mol. The Morgan fingerprint density at radius 3 is 2.81 bits per heavy atom. The minimum atomic E-state index is 0. The lowest BCUT2D eigenvalue weighted by atomic mass is 9.46. The van der Waals surface area contributed by atoms with Crippen LogP contribution in [0.3, 0.4) is 0 Å². The quantitative estimate of drug-likeness (QED) is 0.279. The third-order valence-corrected chi connectivity index (χ3v) is 6.71. The van der Waals surface area contributed by atoms with Crippen LogP contribution in [0.15, 0.2) is 4.99 Å². The van der Waals surface area contributed by atoms with Crippen LogP contribution in [-0.4, -0.2) is 46.0 Å². The van der Waals surface area contributed by atoms with Crippen LogP contribution in [0, 0.1) is 18.3 Å². The molecule has 2 aliphatic carbocycles. The summed E-state index contributed by atoms with van der Waals surface area (Å²) in [5.74, 6) is 3.38. The predicted molar refractivity (Wildman–Crippen MR) is 116 cm³/mol. The first kappa shape index (κ1) is 20.8. The zero-order valence-corrected chi connectivity index (χ0v) is 19.0. The molecule has 8 heteroatoms. The molecule has 152 valence electrons. The summed E-state index contributed by atoms with van der Waals surface area (Å²) in [5.41, 5.74) is 0.357. The zero-order valence-electron chi connectivity index (χ0n) is 16.7. The van der Waals surface area contributed by atoms with Crippen molar-refractivity contribution >= 4 is 29.9 Å².